The first-order valence-corrected chi connectivity index (χ1v) is 7.58. The summed E-state index contributed by atoms with van der Waals surface area (Å²) in [4.78, 5) is 15.4. The van der Waals surface area contributed by atoms with Crippen molar-refractivity contribution < 1.29 is 23.1 Å². The summed E-state index contributed by atoms with van der Waals surface area (Å²) in [5.74, 6) is 0.0934. The first-order chi connectivity index (χ1) is 10.8. The lowest BCUT2D eigenvalue weighted by Crippen LogP contribution is -2.38. The number of nitrogens with zero attached hydrogens (tertiary/aromatic N) is 2. The number of hydrogen-bond acceptors (Lipinski definition) is 4. The average molecular weight is 348 g/mol. The Kier molecular flexibility index (Phi) is 5.61. The summed E-state index contributed by atoms with van der Waals surface area (Å²) in [6, 6.07) is 1.14. The molecule has 126 valence electrons. The number of urea groups is 1. The van der Waals surface area contributed by atoms with Crippen molar-refractivity contribution in [1.82, 2.24) is 20.2 Å². The number of thiophene rings is 1. The molecule has 2 aromatic heterocycles. The molecule has 6 nitrogen and oxygen atoms in total. The molecule has 2 heterocycles. The van der Waals surface area contributed by atoms with Crippen molar-refractivity contribution in [2.75, 3.05) is 6.54 Å². The van der Waals surface area contributed by atoms with Gasteiger partial charge in [0.05, 0.1) is 12.6 Å². The number of imidazole rings is 1. The lowest BCUT2D eigenvalue weighted by molar-refractivity contribution is -0.141. The third kappa shape index (κ3) is 5.57. The Morgan fingerprint density at radius 2 is 2.22 bits per heavy atom. The van der Waals surface area contributed by atoms with E-state index in [1.807, 2.05) is 0 Å². The summed E-state index contributed by atoms with van der Waals surface area (Å²) in [7, 11) is 0. The number of aliphatic hydroxyl groups is 1. The minimum atomic E-state index is -4.36. The van der Waals surface area contributed by atoms with Crippen molar-refractivity contribution in [3.63, 3.8) is 0 Å². The van der Waals surface area contributed by atoms with Crippen molar-refractivity contribution in [3.05, 3.63) is 40.6 Å². The molecule has 0 bridgehead atoms. The van der Waals surface area contributed by atoms with E-state index in [1.165, 1.54) is 23.7 Å². The molecule has 3 N–H and O–H groups in total. The van der Waals surface area contributed by atoms with Crippen LogP contribution in [0.4, 0.5) is 18.0 Å². The van der Waals surface area contributed by atoms with Gasteiger partial charge in [-0.25, -0.2) is 9.78 Å². The molecule has 0 aliphatic carbocycles. The quantitative estimate of drug-likeness (QED) is 0.747. The van der Waals surface area contributed by atoms with Gasteiger partial charge in [0.2, 0.25) is 0 Å². The summed E-state index contributed by atoms with van der Waals surface area (Å²) in [6.07, 6.45) is -2.76. The highest BCUT2D eigenvalue weighted by molar-refractivity contribution is 7.07. The van der Waals surface area contributed by atoms with Crippen molar-refractivity contribution in [3.8, 4) is 0 Å². The number of alkyl halides is 3. The van der Waals surface area contributed by atoms with Crippen LogP contribution in [0.5, 0.6) is 0 Å². The fraction of sp³-hybridized carbons (Fsp3) is 0.385. The van der Waals surface area contributed by atoms with Gasteiger partial charge >= 0.3 is 12.2 Å². The van der Waals surface area contributed by atoms with Gasteiger partial charge in [0.1, 0.15) is 12.4 Å². The molecule has 1 atom stereocenters. The molecule has 0 unspecified atom stereocenters. The number of carbonyl (C=O) groups excluding carboxylic acids is 1. The van der Waals surface area contributed by atoms with Crippen LogP contribution in [-0.4, -0.2) is 33.4 Å². The maximum absolute atomic E-state index is 12.4. The highest BCUT2D eigenvalue weighted by Crippen LogP contribution is 2.18. The molecule has 23 heavy (non-hydrogen) atoms. The van der Waals surface area contributed by atoms with E-state index in [-0.39, 0.29) is 18.9 Å². The van der Waals surface area contributed by atoms with E-state index in [4.69, 9.17) is 0 Å². The standard InChI is InChI=1S/C13H15F3N4O2S/c14-13(15,16)8-20-3-2-17-11(20)6-19-12(22)18-5-10(21)9-1-4-23-7-9/h1-4,7,10,21H,5-6,8H2,(H2,18,19,22)/t10-/m0/s1. The molecule has 0 aliphatic rings. The Morgan fingerprint density at radius 1 is 1.43 bits per heavy atom. The van der Waals surface area contributed by atoms with Crippen LogP contribution in [0.25, 0.3) is 0 Å². The van der Waals surface area contributed by atoms with Crippen LogP contribution in [0.2, 0.25) is 0 Å². The van der Waals surface area contributed by atoms with Crippen molar-refractivity contribution in [2.45, 2.75) is 25.4 Å². The van der Waals surface area contributed by atoms with E-state index in [1.54, 1.807) is 16.8 Å². The number of hydrogen-bond donors (Lipinski definition) is 3. The van der Waals surface area contributed by atoms with E-state index in [9.17, 15) is 23.1 Å². The van der Waals surface area contributed by atoms with E-state index >= 15 is 0 Å². The van der Waals surface area contributed by atoms with Gasteiger partial charge in [-0.15, -0.1) is 0 Å². The van der Waals surface area contributed by atoms with E-state index < -0.39 is 24.9 Å². The summed E-state index contributed by atoms with van der Waals surface area (Å²) >= 11 is 1.43. The maximum atomic E-state index is 12.4. The molecule has 0 fully saturated rings. The Hall–Kier alpha value is -2.07. The zero-order chi connectivity index (χ0) is 16.9. The van der Waals surface area contributed by atoms with E-state index in [0.717, 1.165) is 4.57 Å². The molecule has 2 rings (SSSR count). The summed E-state index contributed by atoms with van der Waals surface area (Å²) < 4.78 is 38.0. The van der Waals surface area contributed by atoms with Gasteiger partial charge in [-0.2, -0.15) is 24.5 Å². The fourth-order valence-electron chi connectivity index (χ4n) is 1.84. The molecule has 2 amide bonds. The van der Waals surface area contributed by atoms with Gasteiger partial charge in [-0.1, -0.05) is 0 Å². The lowest BCUT2D eigenvalue weighted by Gasteiger charge is -2.13. The summed E-state index contributed by atoms with van der Waals surface area (Å²) in [5.41, 5.74) is 0.691. The third-order valence-electron chi connectivity index (χ3n) is 2.94. The van der Waals surface area contributed by atoms with Crippen molar-refractivity contribution >= 4 is 17.4 Å². The van der Waals surface area contributed by atoms with Crippen molar-refractivity contribution in [1.29, 1.82) is 0 Å². The molecular weight excluding hydrogens is 333 g/mol. The number of carbonyl (C=O) groups is 1. The second-order valence-electron chi connectivity index (χ2n) is 4.72. The van der Waals surface area contributed by atoms with Gasteiger partial charge < -0.3 is 20.3 Å². The molecule has 2 aromatic rings. The smallest absolute Gasteiger partial charge is 0.387 e. The van der Waals surface area contributed by atoms with Gasteiger partial charge in [-0.05, 0) is 22.4 Å². The second-order valence-corrected chi connectivity index (χ2v) is 5.50. The van der Waals surface area contributed by atoms with Crippen molar-refractivity contribution in [2.24, 2.45) is 0 Å². The number of halogens is 3. The molecule has 0 aliphatic heterocycles. The minimum absolute atomic E-state index is 0.000438. The minimum Gasteiger partial charge on any atom is -0.387 e. The lowest BCUT2D eigenvalue weighted by atomic mass is 10.2. The first-order valence-electron chi connectivity index (χ1n) is 6.64. The zero-order valence-electron chi connectivity index (χ0n) is 11.9. The van der Waals surface area contributed by atoms with Crippen LogP contribution in [0.3, 0.4) is 0 Å². The second kappa shape index (κ2) is 7.47. The maximum Gasteiger partial charge on any atom is 0.406 e. The number of aromatic nitrogens is 2. The first kappa shape index (κ1) is 17.3. The number of nitrogens with one attached hydrogen (secondary N) is 2. The number of amides is 2. The monoisotopic (exact) mass is 348 g/mol. The van der Waals surface area contributed by atoms with Crippen LogP contribution in [0.15, 0.2) is 29.2 Å². The highest BCUT2D eigenvalue weighted by atomic mass is 32.1. The van der Waals surface area contributed by atoms with E-state index in [0.29, 0.717) is 5.56 Å². The topological polar surface area (TPSA) is 79.2 Å². The predicted octanol–water partition coefficient (Wildman–Crippen LogP) is 2.04. The fourth-order valence-corrected chi connectivity index (χ4v) is 2.55. The molecule has 0 saturated carbocycles. The summed E-state index contributed by atoms with van der Waals surface area (Å²) in [6.45, 7) is -1.31. The van der Waals surface area contributed by atoms with Crippen LogP contribution >= 0.6 is 11.3 Å². The Balaban J connectivity index is 1.78. The van der Waals surface area contributed by atoms with Crippen LogP contribution in [0.1, 0.15) is 17.5 Å². The zero-order valence-corrected chi connectivity index (χ0v) is 12.7. The molecular formula is C13H15F3N4O2S. The predicted molar refractivity (Wildman–Crippen MR) is 77.8 cm³/mol. The van der Waals surface area contributed by atoms with Gasteiger partial charge in [0, 0.05) is 18.9 Å². The van der Waals surface area contributed by atoms with Crippen LogP contribution < -0.4 is 10.6 Å². The molecule has 0 spiro atoms. The number of aliphatic hydroxyl groups excluding tert-OH is 1. The Morgan fingerprint density at radius 3 is 2.87 bits per heavy atom. The molecule has 10 heteroatoms. The molecule has 0 saturated heterocycles. The molecule has 0 radical (unpaired) electrons. The highest BCUT2D eigenvalue weighted by Gasteiger charge is 2.28. The molecule has 0 aromatic carbocycles. The van der Waals surface area contributed by atoms with Crippen LogP contribution in [0, 0.1) is 0 Å². The van der Waals surface area contributed by atoms with Gasteiger partial charge in [0.25, 0.3) is 0 Å². The Bertz CT molecular complexity index is 627. The average Bonchev–Trinajstić information content (AvgIpc) is 3.12. The van der Waals surface area contributed by atoms with Gasteiger partial charge in [-0.3, -0.25) is 0 Å². The Labute approximate surface area is 134 Å². The summed E-state index contributed by atoms with van der Waals surface area (Å²) in [5, 5.41) is 18.2. The van der Waals surface area contributed by atoms with E-state index in [2.05, 4.69) is 15.6 Å². The number of rotatable bonds is 6. The van der Waals surface area contributed by atoms with Crippen LogP contribution in [-0.2, 0) is 13.1 Å². The largest absolute Gasteiger partial charge is 0.406 e. The third-order valence-corrected chi connectivity index (χ3v) is 3.64. The van der Waals surface area contributed by atoms with Gasteiger partial charge in [0.15, 0.2) is 0 Å². The normalized spacial score (nSPS) is 12.9. The SMILES string of the molecule is O=C(NCc1nccn1CC(F)(F)F)NC[C@H](O)c1ccsc1.